The van der Waals surface area contributed by atoms with Crippen LogP contribution in [0.15, 0.2) is 0 Å². The summed E-state index contributed by atoms with van der Waals surface area (Å²) in [6, 6.07) is 0. The van der Waals surface area contributed by atoms with Crippen LogP contribution in [0.1, 0.15) is 37.6 Å². The first-order chi connectivity index (χ1) is 7.72. The molecule has 0 aliphatic heterocycles. The lowest BCUT2D eigenvalue weighted by molar-refractivity contribution is 0.560. The smallest absolute Gasteiger partial charge is 0.0860 e. The highest BCUT2D eigenvalue weighted by atomic mass is 35.5. The molecular weight excluding hydrogens is 222 g/mol. The van der Waals surface area contributed by atoms with Crippen molar-refractivity contribution in [2.24, 2.45) is 5.92 Å². The van der Waals surface area contributed by atoms with E-state index in [0.29, 0.717) is 0 Å². The highest BCUT2D eigenvalue weighted by Crippen LogP contribution is 2.31. The van der Waals surface area contributed by atoms with E-state index in [1.54, 1.807) is 0 Å². The first-order valence-electron chi connectivity index (χ1n) is 6.14. The maximum absolute atomic E-state index is 6.22. The molecule has 1 aromatic rings. The van der Waals surface area contributed by atoms with Gasteiger partial charge in [-0.1, -0.05) is 24.4 Å². The van der Waals surface area contributed by atoms with E-state index in [0.717, 1.165) is 42.0 Å². The number of hydrogen-bond donors (Lipinski definition) is 1. The van der Waals surface area contributed by atoms with Crippen molar-refractivity contribution < 1.29 is 0 Å². The van der Waals surface area contributed by atoms with Crippen LogP contribution < -0.4 is 5.32 Å². The zero-order valence-electron chi connectivity index (χ0n) is 10.1. The summed E-state index contributed by atoms with van der Waals surface area (Å²) in [5, 5.41) is 8.68. The standard InChI is InChI=1S/C12H20ClN3/c1-3-16-11(12(13)9(2)15-16)8-14-7-6-10-4-5-10/h10,14H,3-8H2,1-2H3. The molecule has 0 spiro atoms. The molecule has 0 atom stereocenters. The number of nitrogens with zero attached hydrogens (tertiary/aromatic N) is 2. The molecule has 1 N–H and O–H groups in total. The van der Waals surface area contributed by atoms with Gasteiger partial charge in [-0.25, -0.2) is 0 Å². The maximum atomic E-state index is 6.22. The molecule has 1 heterocycles. The summed E-state index contributed by atoms with van der Waals surface area (Å²) in [4.78, 5) is 0. The Hall–Kier alpha value is -0.540. The van der Waals surface area contributed by atoms with E-state index in [1.807, 2.05) is 11.6 Å². The van der Waals surface area contributed by atoms with E-state index in [-0.39, 0.29) is 0 Å². The minimum absolute atomic E-state index is 0.820. The van der Waals surface area contributed by atoms with Crippen molar-refractivity contribution in [2.45, 2.75) is 46.2 Å². The third-order valence-electron chi connectivity index (χ3n) is 3.17. The Bertz CT molecular complexity index is 355. The number of rotatable bonds is 6. The van der Waals surface area contributed by atoms with Gasteiger partial charge in [-0.3, -0.25) is 4.68 Å². The summed E-state index contributed by atoms with van der Waals surface area (Å²) < 4.78 is 1.99. The second-order valence-electron chi connectivity index (χ2n) is 4.57. The Morgan fingerprint density at radius 3 is 2.88 bits per heavy atom. The fourth-order valence-electron chi connectivity index (χ4n) is 1.96. The Kier molecular flexibility index (Phi) is 3.87. The van der Waals surface area contributed by atoms with Gasteiger partial charge in [-0.2, -0.15) is 5.10 Å². The Labute approximate surface area is 102 Å². The lowest BCUT2D eigenvalue weighted by atomic mass is 10.3. The van der Waals surface area contributed by atoms with E-state index >= 15 is 0 Å². The molecule has 90 valence electrons. The molecule has 2 rings (SSSR count). The predicted octanol–water partition coefficient (Wildman–Crippen LogP) is 2.75. The molecule has 16 heavy (non-hydrogen) atoms. The first kappa shape index (κ1) is 11.9. The molecule has 1 fully saturated rings. The zero-order valence-corrected chi connectivity index (χ0v) is 10.8. The van der Waals surface area contributed by atoms with Crippen LogP contribution in [0.4, 0.5) is 0 Å². The summed E-state index contributed by atoms with van der Waals surface area (Å²) in [6.45, 7) is 6.86. The van der Waals surface area contributed by atoms with Gasteiger partial charge >= 0.3 is 0 Å². The minimum atomic E-state index is 0.820. The van der Waals surface area contributed by atoms with Crippen LogP contribution in [0, 0.1) is 12.8 Å². The molecule has 0 aromatic carbocycles. The average Bonchev–Trinajstić information content (AvgIpc) is 3.05. The van der Waals surface area contributed by atoms with Crippen molar-refractivity contribution in [1.29, 1.82) is 0 Å². The second-order valence-corrected chi connectivity index (χ2v) is 4.95. The third kappa shape index (κ3) is 2.77. The van der Waals surface area contributed by atoms with E-state index in [2.05, 4.69) is 17.3 Å². The fourth-order valence-corrected chi connectivity index (χ4v) is 2.16. The SMILES string of the molecule is CCn1nc(C)c(Cl)c1CNCCC1CC1. The normalized spacial score (nSPS) is 15.7. The molecule has 1 aromatic heterocycles. The highest BCUT2D eigenvalue weighted by molar-refractivity contribution is 6.31. The van der Waals surface area contributed by atoms with Gasteiger partial charge in [0.25, 0.3) is 0 Å². The molecule has 0 saturated heterocycles. The lowest BCUT2D eigenvalue weighted by Gasteiger charge is -2.07. The van der Waals surface area contributed by atoms with Crippen LogP contribution in [0.2, 0.25) is 5.02 Å². The second kappa shape index (κ2) is 5.19. The molecule has 0 unspecified atom stereocenters. The van der Waals surface area contributed by atoms with E-state index < -0.39 is 0 Å². The molecular formula is C12H20ClN3. The van der Waals surface area contributed by atoms with Gasteiger partial charge in [0.1, 0.15) is 0 Å². The van der Waals surface area contributed by atoms with E-state index in [4.69, 9.17) is 11.6 Å². The molecule has 1 aliphatic rings. The van der Waals surface area contributed by atoms with Gasteiger partial charge < -0.3 is 5.32 Å². The molecule has 0 radical (unpaired) electrons. The van der Waals surface area contributed by atoms with Crippen LogP contribution >= 0.6 is 11.6 Å². The topological polar surface area (TPSA) is 29.9 Å². The van der Waals surface area contributed by atoms with Gasteiger partial charge in [0, 0.05) is 13.1 Å². The highest BCUT2D eigenvalue weighted by Gasteiger charge is 2.20. The lowest BCUT2D eigenvalue weighted by Crippen LogP contribution is -2.18. The molecule has 0 amide bonds. The van der Waals surface area contributed by atoms with Gasteiger partial charge in [0.2, 0.25) is 0 Å². The number of nitrogens with one attached hydrogen (secondary N) is 1. The van der Waals surface area contributed by atoms with E-state index in [9.17, 15) is 0 Å². The summed E-state index contributed by atoms with van der Waals surface area (Å²) >= 11 is 6.22. The molecule has 1 aliphatic carbocycles. The molecule has 3 nitrogen and oxygen atoms in total. The quantitative estimate of drug-likeness (QED) is 0.777. The molecule has 1 saturated carbocycles. The number of hydrogen-bond acceptors (Lipinski definition) is 2. The van der Waals surface area contributed by atoms with Crippen molar-refractivity contribution >= 4 is 11.6 Å². The van der Waals surface area contributed by atoms with Crippen LogP contribution in [-0.4, -0.2) is 16.3 Å². The van der Waals surface area contributed by atoms with E-state index in [1.165, 1.54) is 19.3 Å². The summed E-state index contributed by atoms with van der Waals surface area (Å²) in [7, 11) is 0. The monoisotopic (exact) mass is 241 g/mol. The zero-order chi connectivity index (χ0) is 11.5. The fraction of sp³-hybridized carbons (Fsp3) is 0.750. The van der Waals surface area contributed by atoms with Crippen molar-refractivity contribution in [2.75, 3.05) is 6.54 Å². The van der Waals surface area contributed by atoms with Crippen LogP contribution in [0.5, 0.6) is 0 Å². The van der Waals surface area contributed by atoms with Crippen molar-refractivity contribution in [1.82, 2.24) is 15.1 Å². The summed E-state index contributed by atoms with van der Waals surface area (Å²) in [5.41, 5.74) is 2.06. The first-order valence-corrected chi connectivity index (χ1v) is 6.52. The van der Waals surface area contributed by atoms with Gasteiger partial charge in [-0.15, -0.1) is 0 Å². The maximum Gasteiger partial charge on any atom is 0.0860 e. The van der Waals surface area contributed by atoms with Crippen LogP contribution in [0.3, 0.4) is 0 Å². The third-order valence-corrected chi connectivity index (χ3v) is 3.66. The average molecular weight is 242 g/mol. The number of aryl methyl sites for hydroxylation is 2. The largest absolute Gasteiger partial charge is 0.311 e. The van der Waals surface area contributed by atoms with Gasteiger partial charge in [-0.05, 0) is 32.7 Å². The Morgan fingerprint density at radius 1 is 1.50 bits per heavy atom. The molecule has 4 heteroatoms. The van der Waals surface area contributed by atoms with Crippen molar-refractivity contribution in [3.8, 4) is 0 Å². The summed E-state index contributed by atoms with van der Waals surface area (Å²) in [5.74, 6) is 0.987. The van der Waals surface area contributed by atoms with Crippen LogP contribution in [0.25, 0.3) is 0 Å². The number of aromatic nitrogens is 2. The minimum Gasteiger partial charge on any atom is -0.311 e. The molecule has 0 bridgehead atoms. The Balaban J connectivity index is 1.86. The van der Waals surface area contributed by atoms with Crippen molar-refractivity contribution in [3.63, 3.8) is 0 Å². The number of halogens is 1. The summed E-state index contributed by atoms with van der Waals surface area (Å²) in [6.07, 6.45) is 4.15. The Morgan fingerprint density at radius 2 is 2.25 bits per heavy atom. The van der Waals surface area contributed by atoms with Gasteiger partial charge in [0.05, 0.1) is 16.4 Å². The van der Waals surface area contributed by atoms with Gasteiger partial charge in [0.15, 0.2) is 0 Å². The predicted molar refractivity (Wildman–Crippen MR) is 66.7 cm³/mol. The van der Waals surface area contributed by atoms with Crippen molar-refractivity contribution in [3.05, 3.63) is 16.4 Å². The van der Waals surface area contributed by atoms with Crippen LogP contribution in [-0.2, 0) is 13.1 Å².